The Morgan fingerprint density at radius 3 is 1.42 bits per heavy atom. The quantitative estimate of drug-likeness (QED) is 0.360. The van der Waals surface area contributed by atoms with Crippen LogP contribution >= 0.6 is 69.6 Å². The molecule has 0 aliphatic carbocycles. The van der Waals surface area contributed by atoms with Gasteiger partial charge in [-0.25, -0.2) is 4.98 Å². The van der Waals surface area contributed by atoms with Crippen molar-refractivity contribution in [2.45, 2.75) is 0 Å². The Bertz CT molecular complexity index is 997. The van der Waals surface area contributed by atoms with E-state index in [9.17, 15) is 5.26 Å². The molecule has 1 heterocycles. The number of nitrogens with zero attached hydrogens (tertiary/aromatic N) is 2. The van der Waals surface area contributed by atoms with E-state index in [0.29, 0.717) is 48.2 Å². The van der Waals surface area contributed by atoms with Gasteiger partial charge in [0.25, 0.3) is 0 Å². The number of benzene rings is 2. The molecule has 0 unspecified atom stereocenters. The minimum atomic E-state index is 0.232. The lowest BCUT2D eigenvalue weighted by molar-refractivity contribution is 1.31. The first kappa shape index (κ1) is 19.6. The largest absolute Gasteiger partial charge is 0.247 e. The lowest BCUT2D eigenvalue weighted by Crippen LogP contribution is -1.94. The van der Waals surface area contributed by atoms with Crippen molar-refractivity contribution in [3.8, 4) is 28.6 Å². The molecule has 3 aromatic rings. The molecule has 0 aliphatic rings. The Hall–Kier alpha value is -1.18. The average Bonchev–Trinajstić information content (AvgIpc) is 2.62. The van der Waals surface area contributed by atoms with Gasteiger partial charge in [0.05, 0.1) is 53.2 Å². The SMILES string of the molecule is N#Cc1cc(-c2c(Cl)ccc(Cl)c2Cl)nc(-c2c(Cl)ccc(Cl)c2Cl)c1. The average molecular weight is 463 g/mol. The highest BCUT2D eigenvalue weighted by Crippen LogP contribution is 2.42. The van der Waals surface area contributed by atoms with Crippen LogP contribution in [0.5, 0.6) is 0 Å². The van der Waals surface area contributed by atoms with Crippen molar-refractivity contribution in [3.05, 3.63) is 72.1 Å². The predicted molar refractivity (Wildman–Crippen MR) is 110 cm³/mol. The summed E-state index contributed by atoms with van der Waals surface area (Å²) >= 11 is 37.3. The summed E-state index contributed by atoms with van der Waals surface area (Å²) in [6.07, 6.45) is 0. The fraction of sp³-hybridized carbons (Fsp3) is 0. The van der Waals surface area contributed by atoms with E-state index in [1.54, 1.807) is 36.4 Å². The zero-order valence-corrected chi connectivity index (χ0v) is 17.2. The summed E-state index contributed by atoms with van der Waals surface area (Å²) < 4.78 is 0. The van der Waals surface area contributed by atoms with Gasteiger partial charge < -0.3 is 0 Å². The minimum Gasteiger partial charge on any atom is -0.247 e. The smallest absolute Gasteiger partial charge is 0.0993 e. The van der Waals surface area contributed by atoms with Gasteiger partial charge in [-0.1, -0.05) is 69.6 Å². The molecule has 1 aromatic heterocycles. The first-order valence-corrected chi connectivity index (χ1v) is 9.30. The number of halogens is 6. The maximum Gasteiger partial charge on any atom is 0.0993 e. The number of pyridine rings is 1. The number of nitriles is 1. The van der Waals surface area contributed by atoms with E-state index < -0.39 is 0 Å². The second kappa shape index (κ2) is 7.82. The van der Waals surface area contributed by atoms with Crippen LogP contribution in [-0.4, -0.2) is 4.98 Å². The van der Waals surface area contributed by atoms with Crippen LogP contribution in [0.15, 0.2) is 36.4 Å². The van der Waals surface area contributed by atoms with Crippen LogP contribution in [-0.2, 0) is 0 Å². The molecule has 0 atom stereocenters. The Morgan fingerprint density at radius 1 is 0.654 bits per heavy atom. The van der Waals surface area contributed by atoms with E-state index in [4.69, 9.17) is 69.6 Å². The molecular formula is C18H6Cl6N2. The third kappa shape index (κ3) is 3.62. The molecule has 8 heteroatoms. The Labute approximate surface area is 179 Å². The molecule has 2 nitrogen and oxygen atoms in total. The van der Waals surface area contributed by atoms with Crippen LogP contribution in [0.4, 0.5) is 0 Å². The van der Waals surface area contributed by atoms with Gasteiger partial charge in [-0.2, -0.15) is 5.26 Å². The Morgan fingerprint density at radius 2 is 1.04 bits per heavy atom. The Balaban J connectivity index is 2.34. The van der Waals surface area contributed by atoms with Crippen molar-refractivity contribution in [2.24, 2.45) is 0 Å². The van der Waals surface area contributed by atoms with Crippen molar-refractivity contribution in [1.29, 1.82) is 5.26 Å². The standard InChI is InChI=1S/C18H6Cl6N2/c19-9-1-3-11(21)17(23)15(9)13-5-8(7-25)6-14(26-13)16-10(20)2-4-12(22)18(16)24/h1-6H. The van der Waals surface area contributed by atoms with Crippen LogP contribution < -0.4 is 0 Å². The summed E-state index contributed by atoms with van der Waals surface area (Å²) in [4.78, 5) is 4.54. The maximum absolute atomic E-state index is 9.40. The van der Waals surface area contributed by atoms with Gasteiger partial charge >= 0.3 is 0 Å². The van der Waals surface area contributed by atoms with Gasteiger partial charge in [-0.15, -0.1) is 0 Å². The van der Waals surface area contributed by atoms with Gasteiger partial charge in [0.2, 0.25) is 0 Å². The zero-order valence-electron chi connectivity index (χ0n) is 12.6. The lowest BCUT2D eigenvalue weighted by Gasteiger charge is -2.13. The molecular weight excluding hydrogens is 457 g/mol. The molecule has 0 aliphatic heterocycles. The molecule has 0 bridgehead atoms. The van der Waals surface area contributed by atoms with Crippen molar-refractivity contribution in [2.75, 3.05) is 0 Å². The molecule has 0 N–H and O–H groups in total. The third-order valence-corrected chi connectivity index (χ3v) is 5.79. The van der Waals surface area contributed by atoms with Gasteiger partial charge in [0.1, 0.15) is 0 Å². The summed E-state index contributed by atoms with van der Waals surface area (Å²) in [5.74, 6) is 0. The zero-order chi connectivity index (χ0) is 19.0. The predicted octanol–water partition coefficient (Wildman–Crippen LogP) is 8.21. The second-order valence-electron chi connectivity index (χ2n) is 5.17. The minimum absolute atomic E-state index is 0.232. The molecule has 26 heavy (non-hydrogen) atoms. The summed E-state index contributed by atoms with van der Waals surface area (Å²) in [6.45, 7) is 0. The highest BCUT2D eigenvalue weighted by molar-refractivity contribution is 6.47. The van der Waals surface area contributed by atoms with Crippen molar-refractivity contribution >= 4 is 69.6 Å². The van der Waals surface area contributed by atoms with Crippen molar-refractivity contribution < 1.29 is 0 Å². The van der Waals surface area contributed by atoms with E-state index in [1.165, 1.54) is 0 Å². The fourth-order valence-electron chi connectivity index (χ4n) is 2.38. The molecule has 130 valence electrons. The van der Waals surface area contributed by atoms with Crippen molar-refractivity contribution in [3.63, 3.8) is 0 Å². The second-order valence-corrected chi connectivity index (χ2v) is 7.56. The molecule has 0 fully saturated rings. The van der Waals surface area contributed by atoms with Crippen LogP contribution in [0.2, 0.25) is 30.1 Å². The maximum atomic E-state index is 9.40. The topological polar surface area (TPSA) is 36.7 Å². The highest BCUT2D eigenvalue weighted by atomic mass is 35.5. The number of hydrogen-bond acceptors (Lipinski definition) is 2. The molecule has 0 saturated heterocycles. The molecule has 3 rings (SSSR count). The first-order chi connectivity index (χ1) is 12.3. The number of rotatable bonds is 2. The molecule has 0 amide bonds. The van der Waals surface area contributed by atoms with Gasteiger partial charge in [0, 0.05) is 11.1 Å². The summed E-state index contributed by atoms with van der Waals surface area (Å²) in [5.41, 5.74) is 1.87. The lowest BCUT2D eigenvalue weighted by atomic mass is 10.0. The van der Waals surface area contributed by atoms with E-state index in [2.05, 4.69) is 11.1 Å². The summed E-state index contributed by atoms with van der Waals surface area (Å²) in [5, 5.41) is 11.2. The molecule has 2 aromatic carbocycles. The van der Waals surface area contributed by atoms with Crippen LogP contribution in [0.25, 0.3) is 22.5 Å². The van der Waals surface area contributed by atoms with Gasteiger partial charge in [-0.05, 0) is 36.4 Å². The van der Waals surface area contributed by atoms with Crippen molar-refractivity contribution in [1.82, 2.24) is 4.98 Å². The van der Waals surface area contributed by atoms with E-state index in [0.717, 1.165) is 0 Å². The number of aromatic nitrogens is 1. The van der Waals surface area contributed by atoms with Gasteiger partial charge in [0.15, 0.2) is 0 Å². The van der Waals surface area contributed by atoms with Crippen LogP contribution in [0.3, 0.4) is 0 Å². The number of hydrogen-bond donors (Lipinski definition) is 0. The molecule has 0 radical (unpaired) electrons. The fourth-order valence-corrected chi connectivity index (χ4v) is 3.82. The first-order valence-electron chi connectivity index (χ1n) is 7.03. The molecule has 0 spiro atoms. The normalized spacial score (nSPS) is 10.7. The monoisotopic (exact) mass is 460 g/mol. The molecule has 0 saturated carbocycles. The van der Waals surface area contributed by atoms with E-state index >= 15 is 0 Å². The van der Waals surface area contributed by atoms with E-state index in [1.807, 2.05) is 0 Å². The summed E-state index contributed by atoms with van der Waals surface area (Å²) in [7, 11) is 0. The third-order valence-electron chi connectivity index (χ3n) is 3.55. The van der Waals surface area contributed by atoms with Crippen LogP contribution in [0, 0.1) is 11.3 Å². The van der Waals surface area contributed by atoms with Gasteiger partial charge in [-0.3, -0.25) is 0 Å². The Kier molecular flexibility index (Phi) is 5.89. The summed E-state index contributed by atoms with van der Waals surface area (Å²) in [6, 6.07) is 11.5. The van der Waals surface area contributed by atoms with E-state index in [-0.39, 0.29) is 10.0 Å². The van der Waals surface area contributed by atoms with Crippen LogP contribution in [0.1, 0.15) is 5.56 Å². The highest BCUT2D eigenvalue weighted by Gasteiger charge is 2.18.